The van der Waals surface area contributed by atoms with Gasteiger partial charge in [0.1, 0.15) is 6.61 Å². The summed E-state index contributed by atoms with van der Waals surface area (Å²) in [5, 5.41) is 2.27. The van der Waals surface area contributed by atoms with Crippen molar-refractivity contribution in [2.75, 3.05) is 32.1 Å². The van der Waals surface area contributed by atoms with E-state index in [-0.39, 0.29) is 38.8 Å². The van der Waals surface area contributed by atoms with E-state index >= 15 is 0 Å². The Kier molecular flexibility index (Phi) is 11.5. The van der Waals surface area contributed by atoms with Gasteiger partial charge >= 0.3 is 12.1 Å². The molecule has 17 heavy (non-hydrogen) atoms. The number of ether oxygens (including phenoxy) is 2. The molecule has 0 bridgehead atoms. The van der Waals surface area contributed by atoms with Crippen LogP contribution in [0.15, 0.2) is 0 Å². The van der Waals surface area contributed by atoms with E-state index in [0.717, 1.165) is 0 Å². The van der Waals surface area contributed by atoms with Gasteiger partial charge in [-0.15, -0.1) is 0 Å². The number of hydrogen-bond acceptors (Lipinski definition) is 6. The van der Waals surface area contributed by atoms with Crippen LogP contribution in [0.2, 0.25) is 0 Å². The van der Waals surface area contributed by atoms with Crippen LogP contribution in [0, 0.1) is 0 Å². The Morgan fingerprint density at radius 1 is 1.29 bits per heavy atom. The van der Waals surface area contributed by atoms with Crippen molar-refractivity contribution in [2.45, 2.75) is 6.42 Å². The number of amides is 1. The average molecular weight is 287 g/mol. The zero-order valence-electron chi connectivity index (χ0n) is 9.11. The maximum absolute atomic E-state index is 11.5. The zero-order valence-corrected chi connectivity index (χ0v) is 11.0. The van der Waals surface area contributed by atoms with Crippen molar-refractivity contribution in [3.63, 3.8) is 0 Å². The Morgan fingerprint density at radius 3 is 2.71 bits per heavy atom. The molecule has 1 unspecified atom stereocenters. The van der Waals surface area contributed by atoms with Gasteiger partial charge in [0.25, 0.3) is 9.12 Å². The fourth-order valence-corrected chi connectivity index (χ4v) is 1.10. The second kappa shape index (κ2) is 11.9. The van der Waals surface area contributed by atoms with E-state index in [1.165, 1.54) is 0 Å². The van der Waals surface area contributed by atoms with E-state index in [1.54, 1.807) is 0 Å². The van der Waals surface area contributed by atoms with Crippen LogP contribution < -0.4 is 5.32 Å². The maximum Gasteiger partial charge on any atom is 0.411 e. The molecular formula is C8H15FNO5PS. The van der Waals surface area contributed by atoms with Crippen molar-refractivity contribution >= 4 is 33.8 Å². The Bertz CT molecular complexity index is 212. The Balaban J connectivity index is 3.18. The fourth-order valence-electron chi connectivity index (χ4n) is 0.776. The van der Waals surface area contributed by atoms with Crippen molar-refractivity contribution in [1.82, 2.24) is 5.32 Å². The van der Waals surface area contributed by atoms with E-state index in [0.29, 0.717) is 5.75 Å². The third-order valence-electron chi connectivity index (χ3n) is 1.45. The average Bonchev–Trinajstić information content (AvgIpc) is 2.28. The van der Waals surface area contributed by atoms with Crippen LogP contribution in [-0.4, -0.2) is 44.2 Å². The summed E-state index contributed by atoms with van der Waals surface area (Å²) in [6, 6.07) is 0. The van der Waals surface area contributed by atoms with Crippen molar-refractivity contribution in [3.05, 3.63) is 0 Å². The maximum atomic E-state index is 11.5. The lowest BCUT2D eigenvalue weighted by Crippen LogP contribution is -2.26. The molecule has 0 spiro atoms. The third kappa shape index (κ3) is 11.7. The van der Waals surface area contributed by atoms with Gasteiger partial charge in [0.05, 0.1) is 19.6 Å². The summed E-state index contributed by atoms with van der Waals surface area (Å²) in [6.07, 6.45) is -0.560. The second-order valence-electron chi connectivity index (χ2n) is 2.70. The molecule has 1 atom stereocenters. The highest BCUT2D eigenvalue weighted by Crippen LogP contribution is 2.10. The molecule has 6 nitrogen and oxygen atoms in total. The third-order valence-corrected chi connectivity index (χ3v) is 1.94. The van der Waals surface area contributed by atoms with Crippen LogP contribution in [0.4, 0.5) is 8.99 Å². The smallest absolute Gasteiger partial charge is 0.411 e. The highest BCUT2D eigenvalue weighted by molar-refractivity contribution is 7.80. The normalized spacial score (nSPS) is 10.5. The molecule has 100 valence electrons. The van der Waals surface area contributed by atoms with Gasteiger partial charge in [0.15, 0.2) is 0 Å². The molecule has 0 rings (SSSR count). The summed E-state index contributed by atoms with van der Waals surface area (Å²) in [4.78, 5) is 21.5. The molecular weight excluding hydrogens is 272 g/mol. The number of nitrogens with one attached hydrogen (secondary N) is 1. The van der Waals surface area contributed by atoms with E-state index in [1.807, 2.05) is 0 Å². The van der Waals surface area contributed by atoms with E-state index < -0.39 is 15.2 Å². The molecule has 0 aromatic carbocycles. The van der Waals surface area contributed by atoms with Crippen LogP contribution in [0.1, 0.15) is 6.42 Å². The molecule has 0 heterocycles. The van der Waals surface area contributed by atoms with Crippen molar-refractivity contribution in [2.24, 2.45) is 0 Å². The number of esters is 1. The highest BCUT2D eigenvalue weighted by atomic mass is 32.1. The molecule has 0 aromatic heterocycles. The van der Waals surface area contributed by atoms with E-state index in [9.17, 15) is 13.8 Å². The van der Waals surface area contributed by atoms with Crippen LogP contribution in [0.25, 0.3) is 0 Å². The minimum atomic E-state index is -1.37. The minimum Gasteiger partial charge on any atom is -0.463 e. The van der Waals surface area contributed by atoms with Gasteiger partial charge in [0.2, 0.25) is 0 Å². The van der Waals surface area contributed by atoms with E-state index in [4.69, 9.17) is 9.47 Å². The van der Waals surface area contributed by atoms with Crippen molar-refractivity contribution in [3.8, 4) is 0 Å². The highest BCUT2D eigenvalue weighted by Gasteiger charge is 2.01. The molecule has 0 fully saturated rings. The minimum absolute atomic E-state index is 0.156. The largest absolute Gasteiger partial charge is 0.463 e. The van der Waals surface area contributed by atoms with E-state index in [2.05, 4.69) is 22.5 Å². The van der Waals surface area contributed by atoms with Gasteiger partial charge in [-0.25, -0.2) is 4.79 Å². The summed E-state index contributed by atoms with van der Waals surface area (Å²) in [6.45, 7) is 0.825. The molecule has 0 aromatic rings. The number of carbonyl (C=O) groups is 2. The Hall–Kier alpha value is -0.590. The fraction of sp³-hybridized carbons (Fsp3) is 0.750. The topological polar surface area (TPSA) is 73.9 Å². The predicted octanol–water partition coefficient (Wildman–Crippen LogP) is 1.07. The molecule has 0 aliphatic carbocycles. The zero-order chi connectivity index (χ0) is 12.9. The number of carbonyl (C=O) groups excluding carboxylic acids is 2. The summed E-state index contributed by atoms with van der Waals surface area (Å²) in [5.41, 5.74) is 0. The molecule has 0 radical (unpaired) electrons. The van der Waals surface area contributed by atoms with Gasteiger partial charge < -0.3 is 19.3 Å². The lowest BCUT2D eigenvalue weighted by Gasteiger charge is -2.06. The first-order chi connectivity index (χ1) is 8.20. The quantitative estimate of drug-likeness (QED) is 0.287. The van der Waals surface area contributed by atoms with Gasteiger partial charge in [0, 0.05) is 12.3 Å². The Morgan fingerprint density at radius 2 is 2.06 bits per heavy atom. The molecule has 1 N–H and O–H groups in total. The standard InChI is InChI=1S/C8H15FNO5PS/c9-16-15-8(12)10-2-3-13-4-5-14-7(11)1-6-17/h16-17H,1-6H2,(H,10,12). The molecule has 0 saturated heterocycles. The number of halogens is 1. The summed E-state index contributed by atoms with van der Waals surface area (Å²) >= 11 is 3.88. The molecule has 9 heteroatoms. The number of hydrogen-bond donors (Lipinski definition) is 2. The monoisotopic (exact) mass is 287 g/mol. The van der Waals surface area contributed by atoms with Crippen LogP contribution in [-0.2, 0) is 18.8 Å². The lowest BCUT2D eigenvalue weighted by atomic mass is 10.5. The van der Waals surface area contributed by atoms with Gasteiger partial charge in [-0.3, -0.25) is 4.79 Å². The lowest BCUT2D eigenvalue weighted by molar-refractivity contribution is -0.144. The Labute approximate surface area is 106 Å². The first kappa shape index (κ1) is 16.4. The molecule has 0 aliphatic heterocycles. The van der Waals surface area contributed by atoms with Gasteiger partial charge in [-0.1, -0.05) is 0 Å². The SMILES string of the molecule is O=C(CCS)OCCOCCNC(=O)OPF. The summed E-state index contributed by atoms with van der Waals surface area (Å²) in [7, 11) is -1.37. The van der Waals surface area contributed by atoms with Crippen molar-refractivity contribution in [1.29, 1.82) is 0 Å². The molecule has 0 aliphatic rings. The number of thiol groups is 1. The first-order valence-electron chi connectivity index (χ1n) is 4.85. The first-order valence-corrected chi connectivity index (χ1v) is 6.27. The number of rotatable bonds is 9. The molecule has 1 amide bonds. The van der Waals surface area contributed by atoms with Crippen LogP contribution in [0.5, 0.6) is 0 Å². The summed E-state index contributed by atoms with van der Waals surface area (Å²) in [5.74, 6) is 0.121. The van der Waals surface area contributed by atoms with Crippen molar-refractivity contribution < 1.29 is 27.8 Å². The van der Waals surface area contributed by atoms with Gasteiger partial charge in [-0.05, 0) is 0 Å². The van der Waals surface area contributed by atoms with Gasteiger partial charge in [-0.2, -0.15) is 16.8 Å². The van der Waals surface area contributed by atoms with Crippen LogP contribution in [0.3, 0.4) is 0 Å². The second-order valence-corrected chi connectivity index (χ2v) is 3.51. The summed E-state index contributed by atoms with van der Waals surface area (Å²) < 4.78 is 25.3. The van der Waals surface area contributed by atoms with Crippen LogP contribution >= 0.6 is 21.7 Å². The predicted molar refractivity (Wildman–Crippen MR) is 64.2 cm³/mol. The molecule has 0 saturated carbocycles.